The number of aromatic nitrogens is 4. The van der Waals surface area contributed by atoms with Crippen LogP contribution in [-0.4, -0.2) is 32.8 Å². The summed E-state index contributed by atoms with van der Waals surface area (Å²) in [7, 11) is 1.64. The molecule has 5 rings (SSSR count). The highest BCUT2D eigenvalue weighted by molar-refractivity contribution is 7.20. The second kappa shape index (κ2) is 6.94. The van der Waals surface area contributed by atoms with Crippen LogP contribution in [0.25, 0.3) is 25.6 Å². The van der Waals surface area contributed by atoms with E-state index in [2.05, 4.69) is 20.4 Å². The number of carbonyl (C=O) groups excluding carboxylic acids is 1. The smallest absolute Gasteiger partial charge is 0.256 e. The van der Waals surface area contributed by atoms with Gasteiger partial charge in [-0.05, 0) is 43.3 Å². The molecule has 0 fully saturated rings. The molecule has 0 unspecified atom stereocenters. The Kier molecular flexibility index (Phi) is 4.26. The van der Waals surface area contributed by atoms with Gasteiger partial charge in [0.25, 0.3) is 5.91 Å². The van der Waals surface area contributed by atoms with E-state index < -0.39 is 0 Å². The third-order valence-corrected chi connectivity index (χ3v) is 6.22. The number of fused-ring (bicyclic) bond motifs is 2. The molecule has 29 heavy (non-hydrogen) atoms. The minimum Gasteiger partial charge on any atom is -0.497 e. The fraction of sp³-hybridized carbons (Fsp3) is 0.100. The molecular weight excluding hydrogens is 406 g/mol. The maximum absolute atomic E-state index is 12.8. The lowest BCUT2D eigenvalue weighted by atomic mass is 10.2. The van der Waals surface area contributed by atoms with E-state index in [1.54, 1.807) is 23.4 Å². The van der Waals surface area contributed by atoms with Crippen molar-refractivity contribution < 1.29 is 9.53 Å². The quantitative estimate of drug-likeness (QED) is 0.456. The van der Waals surface area contributed by atoms with Gasteiger partial charge < -0.3 is 10.1 Å². The molecule has 1 amide bonds. The van der Waals surface area contributed by atoms with Crippen LogP contribution in [0.2, 0.25) is 0 Å². The third kappa shape index (κ3) is 3.24. The van der Waals surface area contributed by atoms with Crippen LogP contribution in [0.3, 0.4) is 0 Å². The lowest BCUT2D eigenvalue weighted by Gasteiger charge is -2.06. The average Bonchev–Trinajstić information content (AvgIpc) is 3.44. The van der Waals surface area contributed by atoms with Crippen LogP contribution in [0.15, 0.2) is 48.0 Å². The van der Waals surface area contributed by atoms with Gasteiger partial charge in [0, 0.05) is 11.6 Å². The molecule has 9 heteroatoms. The zero-order chi connectivity index (χ0) is 20.0. The van der Waals surface area contributed by atoms with E-state index in [4.69, 9.17) is 4.74 Å². The number of hydrogen-bond acceptors (Lipinski definition) is 7. The van der Waals surface area contributed by atoms with Crippen molar-refractivity contribution in [2.45, 2.75) is 6.92 Å². The maximum atomic E-state index is 12.8. The van der Waals surface area contributed by atoms with Crippen LogP contribution < -0.4 is 10.1 Å². The number of amides is 1. The Balaban J connectivity index is 1.49. The summed E-state index contributed by atoms with van der Waals surface area (Å²) in [6, 6.07) is 13.0. The summed E-state index contributed by atoms with van der Waals surface area (Å²) in [5.41, 5.74) is 4.87. The van der Waals surface area contributed by atoms with Gasteiger partial charge in [0.1, 0.15) is 11.6 Å². The Labute approximate surface area is 173 Å². The normalized spacial score (nSPS) is 11.2. The van der Waals surface area contributed by atoms with Gasteiger partial charge in [0.05, 0.1) is 38.7 Å². The molecule has 7 nitrogen and oxygen atoms in total. The average molecular weight is 422 g/mol. The first-order chi connectivity index (χ1) is 14.1. The molecule has 0 radical (unpaired) electrons. The Morgan fingerprint density at radius 2 is 1.97 bits per heavy atom. The zero-order valence-electron chi connectivity index (χ0n) is 15.5. The van der Waals surface area contributed by atoms with Crippen LogP contribution in [0.1, 0.15) is 16.1 Å². The SMILES string of the molecule is COc1ccc2nc(-n3nc(C)cc3NC(=O)c3ccc4ncsc4c3)sc2c1. The van der Waals surface area contributed by atoms with Crippen LogP contribution in [0.4, 0.5) is 5.82 Å². The summed E-state index contributed by atoms with van der Waals surface area (Å²) in [6.07, 6.45) is 0. The van der Waals surface area contributed by atoms with E-state index in [0.717, 1.165) is 31.9 Å². The Morgan fingerprint density at radius 1 is 1.10 bits per heavy atom. The molecule has 0 aliphatic carbocycles. The number of ether oxygens (including phenoxy) is 1. The van der Waals surface area contributed by atoms with Crippen LogP contribution in [0.5, 0.6) is 5.75 Å². The predicted molar refractivity (Wildman–Crippen MR) is 116 cm³/mol. The summed E-state index contributed by atoms with van der Waals surface area (Å²) in [4.78, 5) is 21.7. The van der Waals surface area contributed by atoms with Crippen molar-refractivity contribution in [3.05, 3.63) is 59.2 Å². The third-order valence-electron chi connectivity index (χ3n) is 4.43. The number of nitrogens with one attached hydrogen (secondary N) is 1. The molecule has 2 aromatic carbocycles. The van der Waals surface area contributed by atoms with Crippen molar-refractivity contribution in [1.29, 1.82) is 0 Å². The van der Waals surface area contributed by atoms with Gasteiger partial charge in [0.15, 0.2) is 0 Å². The van der Waals surface area contributed by atoms with E-state index in [1.807, 2.05) is 43.3 Å². The minimum absolute atomic E-state index is 0.204. The molecule has 144 valence electrons. The minimum atomic E-state index is -0.204. The molecule has 0 saturated heterocycles. The standard InChI is InChI=1S/C20H15N5O2S2/c1-11-7-18(23-19(26)12-3-5-14-16(8-12)28-10-21-14)25(24-11)20-22-15-6-4-13(27-2)9-17(15)29-20/h3-10H,1-2H3,(H,23,26). The second-order valence-electron chi connectivity index (χ2n) is 6.40. The Morgan fingerprint density at radius 3 is 2.83 bits per heavy atom. The number of hydrogen-bond donors (Lipinski definition) is 1. The molecule has 5 aromatic rings. The van der Waals surface area contributed by atoms with Crippen LogP contribution >= 0.6 is 22.7 Å². The summed E-state index contributed by atoms with van der Waals surface area (Å²) in [6.45, 7) is 1.88. The first-order valence-corrected chi connectivity index (χ1v) is 10.5. The monoisotopic (exact) mass is 421 g/mol. The Bertz CT molecular complexity index is 1370. The van der Waals surface area contributed by atoms with Gasteiger partial charge in [-0.1, -0.05) is 11.3 Å². The molecule has 0 saturated carbocycles. The highest BCUT2D eigenvalue weighted by atomic mass is 32.1. The van der Waals surface area contributed by atoms with E-state index in [9.17, 15) is 4.79 Å². The number of methoxy groups -OCH3 is 1. The van der Waals surface area contributed by atoms with Gasteiger partial charge in [-0.2, -0.15) is 9.78 Å². The largest absolute Gasteiger partial charge is 0.497 e. The number of nitrogens with zero attached hydrogens (tertiary/aromatic N) is 4. The van der Waals surface area contributed by atoms with Crippen LogP contribution in [-0.2, 0) is 0 Å². The molecule has 3 heterocycles. The highest BCUT2D eigenvalue weighted by Gasteiger charge is 2.16. The van der Waals surface area contributed by atoms with Crippen molar-refractivity contribution in [3.8, 4) is 10.9 Å². The zero-order valence-corrected chi connectivity index (χ0v) is 17.2. The van der Waals surface area contributed by atoms with Gasteiger partial charge >= 0.3 is 0 Å². The lowest BCUT2D eigenvalue weighted by molar-refractivity contribution is 0.102. The summed E-state index contributed by atoms with van der Waals surface area (Å²) < 4.78 is 8.91. The van der Waals surface area contributed by atoms with Crippen molar-refractivity contribution in [3.63, 3.8) is 0 Å². The van der Waals surface area contributed by atoms with Gasteiger partial charge in [-0.3, -0.25) is 4.79 Å². The van der Waals surface area contributed by atoms with E-state index >= 15 is 0 Å². The predicted octanol–water partition coefficient (Wildman–Crippen LogP) is 4.66. The number of carbonyl (C=O) groups is 1. The molecule has 0 atom stereocenters. The van der Waals surface area contributed by atoms with Crippen molar-refractivity contribution in [2.75, 3.05) is 12.4 Å². The number of thiazole rings is 2. The maximum Gasteiger partial charge on any atom is 0.256 e. The summed E-state index contributed by atoms with van der Waals surface area (Å²) in [5, 5.41) is 8.15. The lowest BCUT2D eigenvalue weighted by Crippen LogP contribution is -2.15. The van der Waals surface area contributed by atoms with E-state index in [0.29, 0.717) is 16.5 Å². The van der Waals surface area contributed by atoms with Gasteiger partial charge in [0.2, 0.25) is 5.13 Å². The van der Waals surface area contributed by atoms with Crippen molar-refractivity contribution >= 4 is 54.8 Å². The fourth-order valence-electron chi connectivity index (χ4n) is 3.03. The second-order valence-corrected chi connectivity index (χ2v) is 8.30. The van der Waals surface area contributed by atoms with Gasteiger partial charge in [-0.25, -0.2) is 9.97 Å². The molecule has 0 spiro atoms. The summed E-state index contributed by atoms with van der Waals surface area (Å²) >= 11 is 2.99. The first-order valence-electron chi connectivity index (χ1n) is 8.77. The number of anilines is 1. The fourth-order valence-corrected chi connectivity index (χ4v) is 4.71. The van der Waals surface area contributed by atoms with Gasteiger partial charge in [-0.15, -0.1) is 11.3 Å². The molecule has 1 N–H and O–H groups in total. The van der Waals surface area contributed by atoms with E-state index in [1.165, 1.54) is 22.7 Å². The van der Waals surface area contributed by atoms with Crippen molar-refractivity contribution in [2.24, 2.45) is 0 Å². The summed E-state index contributed by atoms with van der Waals surface area (Å²) in [5.74, 6) is 1.14. The first kappa shape index (κ1) is 17.8. The molecule has 0 bridgehead atoms. The topological polar surface area (TPSA) is 81.9 Å². The van der Waals surface area contributed by atoms with Crippen molar-refractivity contribution in [1.82, 2.24) is 19.7 Å². The molecular formula is C20H15N5O2S2. The number of aryl methyl sites for hydroxylation is 1. The highest BCUT2D eigenvalue weighted by Crippen LogP contribution is 2.30. The molecule has 3 aromatic heterocycles. The molecule has 0 aliphatic rings. The van der Waals surface area contributed by atoms with E-state index in [-0.39, 0.29) is 5.91 Å². The number of benzene rings is 2. The number of rotatable bonds is 4. The Hall–Kier alpha value is -3.30. The van der Waals surface area contributed by atoms with Crippen LogP contribution in [0, 0.1) is 6.92 Å². The molecule has 0 aliphatic heterocycles.